The Hall–Kier alpha value is -2.34. The fraction of sp³-hybridized carbons (Fsp3) is 0.208. The van der Waals surface area contributed by atoms with Crippen LogP contribution in [0.1, 0.15) is 29.4 Å². The summed E-state index contributed by atoms with van der Waals surface area (Å²) >= 11 is 13.8. The van der Waals surface area contributed by atoms with E-state index in [0.29, 0.717) is 15.0 Å². The zero-order valence-corrected chi connectivity index (χ0v) is 19.8. The van der Waals surface area contributed by atoms with Gasteiger partial charge < -0.3 is 15.2 Å². The van der Waals surface area contributed by atoms with Gasteiger partial charge in [-0.05, 0) is 73.9 Å². The molecular formula is C24H23Cl2N3OS. The number of carbonyl (C=O) groups excluding carboxylic acids is 1. The highest BCUT2D eigenvalue weighted by molar-refractivity contribution is 8.05. The van der Waals surface area contributed by atoms with Crippen molar-refractivity contribution in [2.24, 2.45) is 0 Å². The molecule has 0 spiro atoms. The van der Waals surface area contributed by atoms with Crippen LogP contribution in [0.4, 0.5) is 5.69 Å². The quantitative estimate of drug-likeness (QED) is 0.413. The lowest BCUT2D eigenvalue weighted by molar-refractivity contribution is -0.116. The lowest BCUT2D eigenvalue weighted by atomic mass is 10.1. The minimum atomic E-state index is -0.204. The van der Waals surface area contributed by atoms with Crippen LogP contribution < -0.4 is 10.6 Å². The van der Waals surface area contributed by atoms with Gasteiger partial charge in [0.25, 0.3) is 5.91 Å². The van der Waals surface area contributed by atoms with E-state index in [4.69, 9.17) is 23.2 Å². The first-order valence-corrected chi connectivity index (χ1v) is 11.7. The summed E-state index contributed by atoms with van der Waals surface area (Å²) in [5.74, 6) is -0.0768. The highest BCUT2D eigenvalue weighted by Crippen LogP contribution is 2.33. The monoisotopic (exact) mass is 471 g/mol. The summed E-state index contributed by atoms with van der Waals surface area (Å²) in [4.78, 5) is 13.2. The summed E-state index contributed by atoms with van der Waals surface area (Å²) in [5.41, 5.74) is 6.08. The van der Waals surface area contributed by atoms with Crippen LogP contribution in [0.15, 0.2) is 53.4 Å². The van der Waals surface area contributed by atoms with Crippen LogP contribution in [-0.2, 0) is 11.2 Å². The number of hydrogen-bond donors (Lipinski definition) is 2. The molecule has 1 atom stereocenters. The highest BCUT2D eigenvalue weighted by atomic mass is 35.5. The van der Waals surface area contributed by atoms with Crippen LogP contribution in [0.3, 0.4) is 0 Å². The topological polar surface area (TPSA) is 46.1 Å². The normalized spacial score (nSPS) is 17.3. The van der Waals surface area contributed by atoms with Crippen molar-refractivity contribution in [2.45, 2.75) is 32.7 Å². The van der Waals surface area contributed by atoms with Crippen LogP contribution in [0.5, 0.6) is 0 Å². The zero-order chi connectivity index (χ0) is 22.1. The van der Waals surface area contributed by atoms with Gasteiger partial charge in [-0.1, -0.05) is 54.0 Å². The number of hydrogen-bond acceptors (Lipinski definition) is 3. The summed E-state index contributed by atoms with van der Waals surface area (Å²) in [6, 6.07) is 15.9. The van der Waals surface area contributed by atoms with E-state index in [-0.39, 0.29) is 11.4 Å². The van der Waals surface area contributed by atoms with Gasteiger partial charge in [-0.2, -0.15) is 0 Å². The minimum Gasteiger partial charge on any atom is -0.357 e. The molecule has 1 aromatic heterocycles. The van der Waals surface area contributed by atoms with E-state index in [1.54, 1.807) is 6.07 Å². The predicted octanol–water partition coefficient (Wildman–Crippen LogP) is 6.56. The summed E-state index contributed by atoms with van der Waals surface area (Å²) in [5, 5.41) is 7.40. The maximum absolute atomic E-state index is 12.6. The number of halogens is 2. The molecular weight excluding hydrogens is 449 g/mol. The molecule has 7 heteroatoms. The predicted molar refractivity (Wildman–Crippen MR) is 132 cm³/mol. The number of nitrogens with one attached hydrogen (secondary N) is 2. The Morgan fingerprint density at radius 3 is 2.52 bits per heavy atom. The smallest absolute Gasteiger partial charge is 0.260 e. The second kappa shape index (κ2) is 9.03. The number of thioether (sulfide) groups is 1. The van der Waals surface area contributed by atoms with Crippen LogP contribution in [0, 0.1) is 13.8 Å². The van der Waals surface area contributed by atoms with Gasteiger partial charge in [-0.15, -0.1) is 0 Å². The molecule has 160 valence electrons. The molecule has 0 unspecified atom stereocenters. The van der Waals surface area contributed by atoms with Gasteiger partial charge >= 0.3 is 0 Å². The van der Waals surface area contributed by atoms with Crippen molar-refractivity contribution in [1.29, 1.82) is 0 Å². The first-order chi connectivity index (χ1) is 14.9. The van der Waals surface area contributed by atoms with Crippen LogP contribution >= 0.6 is 35.0 Å². The summed E-state index contributed by atoms with van der Waals surface area (Å²) in [7, 11) is 0. The van der Waals surface area contributed by atoms with Gasteiger partial charge in [0.1, 0.15) is 0 Å². The van der Waals surface area contributed by atoms with Crippen molar-refractivity contribution >= 4 is 52.6 Å². The van der Waals surface area contributed by atoms with E-state index < -0.39 is 0 Å². The molecule has 1 aliphatic rings. The summed E-state index contributed by atoms with van der Waals surface area (Å²) in [6.07, 6.45) is 2.95. The number of anilines is 1. The standard InChI is InChI=1S/C24H23Cl2N3OS/c1-4-16-5-7-18(8-6-16)27-24-28-23(30)22(31-24)12-17-11-14(2)29(15(17)3)19-9-10-20(25)21(26)13-19/h5-13,24,27H,4H2,1-3H3,(H,28,30)/b22-12+/t24-/m0/s1. The molecule has 1 aliphatic heterocycles. The van der Waals surface area contributed by atoms with Crippen LogP contribution in [0.2, 0.25) is 10.0 Å². The first kappa shape index (κ1) is 21.9. The van der Waals surface area contributed by atoms with Crippen molar-refractivity contribution in [1.82, 2.24) is 9.88 Å². The molecule has 3 aromatic rings. The third kappa shape index (κ3) is 4.64. The number of amides is 1. The minimum absolute atomic E-state index is 0.0768. The van der Waals surface area contributed by atoms with Crippen LogP contribution in [-0.4, -0.2) is 16.0 Å². The van der Waals surface area contributed by atoms with E-state index >= 15 is 0 Å². The molecule has 0 aliphatic carbocycles. The van der Waals surface area contributed by atoms with Crippen molar-refractivity contribution in [3.63, 3.8) is 0 Å². The second-order valence-electron chi connectivity index (χ2n) is 7.44. The third-order valence-corrected chi connectivity index (χ3v) is 7.08. The second-order valence-corrected chi connectivity index (χ2v) is 9.40. The van der Waals surface area contributed by atoms with Crippen LogP contribution in [0.25, 0.3) is 11.8 Å². The third-order valence-electron chi connectivity index (χ3n) is 5.31. The molecule has 4 rings (SSSR count). The van der Waals surface area contributed by atoms with Gasteiger partial charge in [0, 0.05) is 22.8 Å². The average Bonchev–Trinajstić information content (AvgIpc) is 3.23. The number of nitrogens with zero attached hydrogens (tertiary/aromatic N) is 1. The van der Waals surface area contributed by atoms with Gasteiger partial charge in [0.2, 0.25) is 0 Å². The maximum atomic E-state index is 12.6. The Morgan fingerprint density at radius 2 is 1.84 bits per heavy atom. The molecule has 0 radical (unpaired) electrons. The van der Waals surface area contributed by atoms with E-state index in [9.17, 15) is 4.79 Å². The molecule has 1 amide bonds. The molecule has 2 aromatic carbocycles. The molecule has 2 N–H and O–H groups in total. The van der Waals surface area contributed by atoms with Crippen molar-refractivity contribution in [2.75, 3.05) is 5.32 Å². The molecule has 31 heavy (non-hydrogen) atoms. The van der Waals surface area contributed by atoms with Gasteiger partial charge in [0.15, 0.2) is 5.50 Å². The Labute approximate surface area is 196 Å². The molecule has 1 fully saturated rings. The van der Waals surface area contributed by atoms with Gasteiger partial charge in [-0.25, -0.2) is 0 Å². The summed E-state index contributed by atoms with van der Waals surface area (Å²) < 4.78 is 2.11. The van der Waals surface area contributed by atoms with E-state index in [1.165, 1.54) is 17.3 Å². The van der Waals surface area contributed by atoms with Gasteiger partial charge in [0.05, 0.1) is 15.0 Å². The highest BCUT2D eigenvalue weighted by Gasteiger charge is 2.27. The molecule has 2 heterocycles. The SMILES string of the molecule is CCc1ccc(N[C@H]2NC(=O)/C(=C\c3cc(C)n(-c4ccc(Cl)c(Cl)c4)c3C)S2)cc1. The van der Waals surface area contributed by atoms with E-state index in [0.717, 1.165) is 34.7 Å². The summed E-state index contributed by atoms with van der Waals surface area (Å²) in [6.45, 7) is 6.19. The Balaban J connectivity index is 1.55. The lowest BCUT2D eigenvalue weighted by Gasteiger charge is -2.12. The average molecular weight is 472 g/mol. The largest absolute Gasteiger partial charge is 0.357 e. The van der Waals surface area contributed by atoms with E-state index in [2.05, 4.69) is 40.3 Å². The zero-order valence-electron chi connectivity index (χ0n) is 17.5. The fourth-order valence-corrected chi connectivity index (χ4v) is 4.92. The number of rotatable bonds is 5. The van der Waals surface area contributed by atoms with E-state index in [1.807, 2.05) is 44.2 Å². The Morgan fingerprint density at radius 1 is 1.10 bits per heavy atom. The fourth-order valence-electron chi connectivity index (χ4n) is 3.65. The van der Waals surface area contributed by atoms with Crippen molar-refractivity contribution < 1.29 is 4.79 Å². The van der Waals surface area contributed by atoms with Crippen molar-refractivity contribution in [3.8, 4) is 5.69 Å². The first-order valence-electron chi connectivity index (χ1n) is 10.0. The Bertz CT molecular complexity index is 1170. The molecule has 4 nitrogen and oxygen atoms in total. The van der Waals surface area contributed by atoms with Gasteiger partial charge in [-0.3, -0.25) is 4.79 Å². The number of benzene rings is 2. The maximum Gasteiger partial charge on any atom is 0.260 e. The number of carbonyl (C=O) groups is 1. The Kier molecular flexibility index (Phi) is 6.37. The molecule has 0 bridgehead atoms. The lowest BCUT2D eigenvalue weighted by Crippen LogP contribution is -2.30. The van der Waals surface area contributed by atoms with Crippen molar-refractivity contribution in [3.05, 3.63) is 86.0 Å². The number of aromatic nitrogens is 1. The molecule has 0 saturated carbocycles. The number of aryl methyl sites for hydroxylation is 2. The molecule has 1 saturated heterocycles.